The summed E-state index contributed by atoms with van der Waals surface area (Å²) in [6, 6.07) is 0. The SMILES string of the molecule is CC(=O)/C(C)=C(/C)O.[Mn]. The Balaban J connectivity index is 0. The van der Waals surface area contributed by atoms with Gasteiger partial charge in [-0.25, -0.2) is 0 Å². The van der Waals surface area contributed by atoms with Gasteiger partial charge in [-0.3, -0.25) is 4.79 Å². The molecule has 0 fully saturated rings. The molecule has 0 aliphatic carbocycles. The van der Waals surface area contributed by atoms with Gasteiger partial charge in [0.2, 0.25) is 0 Å². The fraction of sp³-hybridized carbons (Fsp3) is 0.500. The van der Waals surface area contributed by atoms with Crippen LogP contribution in [0.2, 0.25) is 0 Å². The first kappa shape index (κ1) is 11.5. The molecule has 0 aromatic carbocycles. The van der Waals surface area contributed by atoms with Crippen LogP contribution in [0.15, 0.2) is 11.3 Å². The van der Waals surface area contributed by atoms with Crippen LogP contribution in [0, 0.1) is 0 Å². The monoisotopic (exact) mass is 169 g/mol. The van der Waals surface area contributed by atoms with Gasteiger partial charge in [-0.2, -0.15) is 0 Å². The molecule has 0 unspecified atom stereocenters. The molecule has 0 spiro atoms. The molecule has 0 aromatic heterocycles. The fourth-order valence-electron chi connectivity index (χ4n) is 0.255. The molecule has 0 amide bonds. The second-order valence-electron chi connectivity index (χ2n) is 1.77. The Labute approximate surface area is 65.4 Å². The van der Waals surface area contributed by atoms with Gasteiger partial charge in [-0.05, 0) is 20.8 Å². The molecule has 0 heterocycles. The third-order valence-corrected chi connectivity index (χ3v) is 1.07. The van der Waals surface area contributed by atoms with Gasteiger partial charge in [0.05, 0.1) is 5.76 Å². The van der Waals surface area contributed by atoms with Crippen LogP contribution < -0.4 is 0 Å². The maximum Gasteiger partial charge on any atom is 0.158 e. The second kappa shape index (κ2) is 4.59. The number of aliphatic hydroxyl groups excluding tert-OH is 1. The third kappa shape index (κ3) is 4.25. The van der Waals surface area contributed by atoms with Crippen molar-refractivity contribution in [1.82, 2.24) is 0 Å². The number of allylic oxidation sites excluding steroid dienone is 2. The molecule has 0 bridgehead atoms. The zero-order chi connectivity index (χ0) is 6.73. The van der Waals surface area contributed by atoms with Crippen LogP contribution in [0.5, 0.6) is 0 Å². The average Bonchev–Trinajstić information content (AvgIpc) is 1.64. The van der Waals surface area contributed by atoms with Crippen LogP contribution in [0.4, 0.5) is 0 Å². The normalized spacial score (nSPS) is 11.4. The summed E-state index contributed by atoms with van der Waals surface area (Å²) in [5, 5.41) is 8.65. The third-order valence-electron chi connectivity index (χ3n) is 1.07. The van der Waals surface area contributed by atoms with E-state index in [0.29, 0.717) is 5.57 Å². The molecule has 0 aromatic rings. The number of carbonyl (C=O) groups is 1. The van der Waals surface area contributed by atoms with Crippen molar-refractivity contribution < 1.29 is 27.0 Å². The molecule has 0 rings (SSSR count). The Morgan fingerprint density at radius 3 is 1.56 bits per heavy atom. The molecule has 9 heavy (non-hydrogen) atoms. The van der Waals surface area contributed by atoms with E-state index in [1.807, 2.05) is 0 Å². The standard InChI is InChI=1S/C6H10O2.Mn/c1-4(5(2)7)6(3)8;/h7H,1-3H3;/b5-4-;. The molecule has 0 saturated carbocycles. The molecule has 0 saturated heterocycles. The van der Waals surface area contributed by atoms with E-state index < -0.39 is 0 Å². The van der Waals surface area contributed by atoms with E-state index in [2.05, 4.69) is 0 Å². The summed E-state index contributed by atoms with van der Waals surface area (Å²) < 4.78 is 0. The van der Waals surface area contributed by atoms with Crippen LogP contribution >= 0.6 is 0 Å². The van der Waals surface area contributed by atoms with E-state index in [1.54, 1.807) is 6.92 Å². The van der Waals surface area contributed by atoms with Crippen molar-refractivity contribution in [3.8, 4) is 0 Å². The number of hydrogen-bond donors (Lipinski definition) is 1. The first-order chi connectivity index (χ1) is 3.55. The predicted molar refractivity (Wildman–Crippen MR) is 31.7 cm³/mol. The molecule has 53 valence electrons. The summed E-state index contributed by atoms with van der Waals surface area (Å²) in [4.78, 5) is 10.4. The maximum atomic E-state index is 10.4. The zero-order valence-corrected chi connectivity index (χ0v) is 6.91. The zero-order valence-electron chi connectivity index (χ0n) is 5.73. The summed E-state index contributed by atoms with van der Waals surface area (Å²) >= 11 is 0. The van der Waals surface area contributed by atoms with Crippen molar-refractivity contribution in [2.24, 2.45) is 0 Å². The van der Waals surface area contributed by atoms with Crippen LogP contribution in [0.3, 0.4) is 0 Å². The van der Waals surface area contributed by atoms with Gasteiger partial charge < -0.3 is 5.11 Å². The van der Waals surface area contributed by atoms with Crippen LogP contribution in [-0.4, -0.2) is 10.9 Å². The van der Waals surface area contributed by atoms with Gasteiger partial charge in [-0.15, -0.1) is 0 Å². The summed E-state index contributed by atoms with van der Waals surface area (Å²) in [7, 11) is 0. The molecular formula is C6H10MnO2. The van der Waals surface area contributed by atoms with E-state index in [-0.39, 0.29) is 28.6 Å². The average molecular weight is 169 g/mol. The van der Waals surface area contributed by atoms with E-state index in [1.165, 1.54) is 13.8 Å². The molecule has 0 aliphatic rings. The maximum absolute atomic E-state index is 10.4. The van der Waals surface area contributed by atoms with Crippen molar-refractivity contribution in [2.45, 2.75) is 20.8 Å². The van der Waals surface area contributed by atoms with Crippen molar-refractivity contribution in [3.05, 3.63) is 11.3 Å². The van der Waals surface area contributed by atoms with Gasteiger partial charge in [0.1, 0.15) is 0 Å². The molecule has 0 atom stereocenters. The molecule has 1 radical (unpaired) electrons. The Bertz CT molecular complexity index is 134. The summed E-state index contributed by atoms with van der Waals surface area (Å²) in [6.45, 7) is 4.52. The van der Waals surface area contributed by atoms with Crippen molar-refractivity contribution in [1.29, 1.82) is 0 Å². The van der Waals surface area contributed by atoms with Crippen molar-refractivity contribution in [2.75, 3.05) is 0 Å². The Kier molecular flexibility index (Phi) is 5.88. The van der Waals surface area contributed by atoms with Gasteiger partial charge in [0.15, 0.2) is 5.78 Å². The Hall–Kier alpha value is -0.271. The second-order valence-corrected chi connectivity index (χ2v) is 1.77. The minimum Gasteiger partial charge on any atom is -0.512 e. The number of rotatable bonds is 1. The first-order valence-electron chi connectivity index (χ1n) is 2.43. The number of carbonyl (C=O) groups excluding carboxylic acids is 1. The van der Waals surface area contributed by atoms with E-state index in [9.17, 15) is 4.79 Å². The Morgan fingerprint density at radius 2 is 1.56 bits per heavy atom. The van der Waals surface area contributed by atoms with Crippen LogP contribution in [-0.2, 0) is 21.9 Å². The smallest absolute Gasteiger partial charge is 0.158 e. The minimum absolute atomic E-state index is 0. The quantitative estimate of drug-likeness (QED) is 0.366. The molecule has 2 nitrogen and oxygen atoms in total. The number of hydrogen-bond acceptors (Lipinski definition) is 2. The number of ketones is 1. The first-order valence-corrected chi connectivity index (χ1v) is 2.43. The predicted octanol–water partition coefficient (Wildman–Crippen LogP) is 1.42. The topological polar surface area (TPSA) is 37.3 Å². The fourth-order valence-corrected chi connectivity index (χ4v) is 0.255. The molecule has 1 N–H and O–H groups in total. The Morgan fingerprint density at radius 1 is 1.22 bits per heavy atom. The van der Waals surface area contributed by atoms with Crippen molar-refractivity contribution in [3.63, 3.8) is 0 Å². The summed E-state index contributed by atoms with van der Waals surface area (Å²) in [5.41, 5.74) is 0.435. The van der Waals surface area contributed by atoms with Gasteiger partial charge in [0.25, 0.3) is 0 Å². The van der Waals surface area contributed by atoms with Gasteiger partial charge >= 0.3 is 0 Å². The van der Waals surface area contributed by atoms with E-state index in [4.69, 9.17) is 5.11 Å². The number of aliphatic hydroxyl groups is 1. The van der Waals surface area contributed by atoms with Gasteiger partial charge in [0, 0.05) is 22.6 Å². The van der Waals surface area contributed by atoms with E-state index >= 15 is 0 Å². The molecule has 3 heteroatoms. The van der Waals surface area contributed by atoms with Crippen LogP contribution in [0.1, 0.15) is 20.8 Å². The summed E-state index contributed by atoms with van der Waals surface area (Å²) in [5.74, 6) is 0.0301. The summed E-state index contributed by atoms with van der Waals surface area (Å²) in [6.07, 6.45) is 0. The van der Waals surface area contributed by atoms with Crippen molar-refractivity contribution >= 4 is 5.78 Å². The largest absolute Gasteiger partial charge is 0.512 e. The number of Topliss-reactive ketones (excluding diaryl/α,β-unsaturated/α-hetero) is 1. The van der Waals surface area contributed by atoms with Crippen LogP contribution in [0.25, 0.3) is 0 Å². The minimum atomic E-state index is -0.0787. The van der Waals surface area contributed by atoms with E-state index in [0.717, 1.165) is 0 Å². The van der Waals surface area contributed by atoms with Gasteiger partial charge in [-0.1, -0.05) is 0 Å². The molecule has 0 aliphatic heterocycles. The molecular weight excluding hydrogens is 159 g/mol.